The van der Waals surface area contributed by atoms with Crippen LogP contribution in [0.3, 0.4) is 0 Å². The van der Waals surface area contributed by atoms with Crippen LogP contribution in [-0.4, -0.2) is 29.2 Å². The summed E-state index contributed by atoms with van der Waals surface area (Å²) in [7, 11) is 0. The molecule has 96 valence electrons. The molecule has 1 N–H and O–H groups in total. The molecule has 0 aromatic heterocycles. The monoisotopic (exact) mass is 245 g/mol. The Morgan fingerprint density at radius 1 is 1.28 bits per heavy atom. The van der Waals surface area contributed by atoms with E-state index in [0.29, 0.717) is 19.0 Å². The van der Waals surface area contributed by atoms with E-state index >= 15 is 0 Å². The third-order valence-corrected chi connectivity index (χ3v) is 3.45. The zero-order valence-corrected chi connectivity index (χ0v) is 10.7. The summed E-state index contributed by atoms with van der Waals surface area (Å²) in [5.74, 6) is 0.502. The van der Waals surface area contributed by atoms with Crippen LogP contribution in [0, 0.1) is 12.8 Å². The number of benzene rings is 1. The molecule has 1 aliphatic rings. The number of hydrogen-bond donors (Lipinski definition) is 1. The minimum Gasteiger partial charge on any atom is -0.465 e. The third-order valence-electron chi connectivity index (χ3n) is 3.45. The quantitative estimate of drug-likeness (QED) is 0.867. The number of carboxylic acid groups (broad SMARTS) is 1. The summed E-state index contributed by atoms with van der Waals surface area (Å²) in [6, 6.07) is 8.43. The van der Waals surface area contributed by atoms with Gasteiger partial charge in [-0.3, -0.25) is 0 Å². The highest BCUT2D eigenvalue weighted by molar-refractivity contribution is 5.65. The van der Waals surface area contributed by atoms with Crippen molar-refractivity contribution in [3.05, 3.63) is 41.5 Å². The van der Waals surface area contributed by atoms with E-state index in [1.54, 1.807) is 0 Å². The number of aryl methyl sites for hydroxylation is 1. The van der Waals surface area contributed by atoms with Gasteiger partial charge < -0.3 is 10.0 Å². The van der Waals surface area contributed by atoms with Crippen molar-refractivity contribution >= 4 is 12.2 Å². The molecule has 1 heterocycles. The zero-order valence-electron chi connectivity index (χ0n) is 10.7. The van der Waals surface area contributed by atoms with Crippen LogP contribution in [0.5, 0.6) is 0 Å². The first-order valence-corrected chi connectivity index (χ1v) is 6.38. The molecule has 0 aliphatic carbocycles. The van der Waals surface area contributed by atoms with Gasteiger partial charge in [-0.15, -0.1) is 0 Å². The molecule has 1 fully saturated rings. The first kappa shape index (κ1) is 12.7. The Morgan fingerprint density at radius 3 is 2.44 bits per heavy atom. The fraction of sp³-hybridized carbons (Fsp3) is 0.400. The summed E-state index contributed by atoms with van der Waals surface area (Å²) in [5.41, 5.74) is 2.48. The summed E-state index contributed by atoms with van der Waals surface area (Å²) in [6.07, 6.45) is 5.41. The molecule has 0 spiro atoms. The lowest BCUT2D eigenvalue weighted by molar-refractivity contribution is 0.129. The number of amides is 1. The van der Waals surface area contributed by atoms with Crippen molar-refractivity contribution in [2.75, 3.05) is 13.1 Å². The van der Waals surface area contributed by atoms with Crippen molar-refractivity contribution in [3.63, 3.8) is 0 Å². The van der Waals surface area contributed by atoms with E-state index in [-0.39, 0.29) is 0 Å². The van der Waals surface area contributed by atoms with E-state index in [4.69, 9.17) is 5.11 Å². The number of allylic oxidation sites excluding steroid dienone is 1. The SMILES string of the molecule is Cc1ccc(/C=C\C2CCN(C(=O)O)CC2)cc1. The summed E-state index contributed by atoms with van der Waals surface area (Å²) < 4.78 is 0. The van der Waals surface area contributed by atoms with Gasteiger partial charge in [0.2, 0.25) is 0 Å². The van der Waals surface area contributed by atoms with Crippen molar-refractivity contribution in [2.24, 2.45) is 5.92 Å². The van der Waals surface area contributed by atoms with Crippen molar-refractivity contribution in [3.8, 4) is 0 Å². The Bertz CT molecular complexity index is 428. The van der Waals surface area contributed by atoms with Gasteiger partial charge in [-0.2, -0.15) is 0 Å². The molecule has 2 rings (SSSR count). The molecule has 0 bridgehead atoms. The maximum absolute atomic E-state index is 10.8. The first-order valence-electron chi connectivity index (χ1n) is 6.38. The fourth-order valence-electron chi connectivity index (χ4n) is 2.21. The minimum absolute atomic E-state index is 0.502. The number of hydrogen-bond acceptors (Lipinski definition) is 1. The van der Waals surface area contributed by atoms with E-state index < -0.39 is 6.09 Å². The summed E-state index contributed by atoms with van der Waals surface area (Å²) in [6.45, 7) is 3.38. The Morgan fingerprint density at radius 2 is 1.89 bits per heavy atom. The molecule has 1 aromatic carbocycles. The first-order chi connectivity index (χ1) is 8.65. The second kappa shape index (κ2) is 5.71. The van der Waals surface area contributed by atoms with Gasteiger partial charge in [0, 0.05) is 13.1 Å². The van der Waals surface area contributed by atoms with Gasteiger partial charge in [0.15, 0.2) is 0 Å². The standard InChI is InChI=1S/C15H19NO2/c1-12-2-4-13(5-3-12)6-7-14-8-10-16(11-9-14)15(17)18/h2-7,14H,8-11H2,1H3,(H,17,18)/b7-6-. The Balaban J connectivity index is 1.87. The van der Waals surface area contributed by atoms with Gasteiger partial charge >= 0.3 is 6.09 Å². The van der Waals surface area contributed by atoms with Gasteiger partial charge in [0.05, 0.1) is 0 Å². The summed E-state index contributed by atoms with van der Waals surface area (Å²) >= 11 is 0. The molecule has 0 unspecified atom stereocenters. The molecule has 0 atom stereocenters. The number of likely N-dealkylation sites (tertiary alicyclic amines) is 1. The maximum atomic E-state index is 10.8. The lowest BCUT2D eigenvalue weighted by Gasteiger charge is -2.28. The fourth-order valence-corrected chi connectivity index (χ4v) is 2.21. The van der Waals surface area contributed by atoms with E-state index in [1.165, 1.54) is 16.0 Å². The Labute approximate surface area is 108 Å². The van der Waals surface area contributed by atoms with E-state index in [1.807, 2.05) is 0 Å². The summed E-state index contributed by atoms with van der Waals surface area (Å²) in [5, 5.41) is 8.87. The maximum Gasteiger partial charge on any atom is 0.407 e. The minimum atomic E-state index is -0.795. The van der Waals surface area contributed by atoms with Gasteiger partial charge in [-0.1, -0.05) is 42.0 Å². The second-order valence-electron chi connectivity index (χ2n) is 4.88. The van der Waals surface area contributed by atoms with Crippen LogP contribution in [0.15, 0.2) is 30.3 Å². The second-order valence-corrected chi connectivity index (χ2v) is 4.88. The molecule has 3 nitrogen and oxygen atoms in total. The van der Waals surface area contributed by atoms with Gasteiger partial charge in [-0.05, 0) is 31.2 Å². The van der Waals surface area contributed by atoms with Crippen LogP contribution < -0.4 is 0 Å². The van der Waals surface area contributed by atoms with E-state index in [9.17, 15) is 4.79 Å². The van der Waals surface area contributed by atoms with Crippen molar-refractivity contribution in [2.45, 2.75) is 19.8 Å². The molecule has 18 heavy (non-hydrogen) atoms. The van der Waals surface area contributed by atoms with Crippen molar-refractivity contribution in [1.29, 1.82) is 0 Å². The highest BCUT2D eigenvalue weighted by Gasteiger charge is 2.20. The zero-order chi connectivity index (χ0) is 13.0. The third kappa shape index (κ3) is 3.36. The molecule has 3 heteroatoms. The van der Waals surface area contributed by atoms with Crippen LogP contribution in [-0.2, 0) is 0 Å². The van der Waals surface area contributed by atoms with Crippen LogP contribution in [0.25, 0.3) is 6.08 Å². The van der Waals surface area contributed by atoms with Crippen LogP contribution >= 0.6 is 0 Å². The predicted molar refractivity (Wildman–Crippen MR) is 72.5 cm³/mol. The van der Waals surface area contributed by atoms with Gasteiger partial charge in [0.25, 0.3) is 0 Å². The molecule has 1 aliphatic heterocycles. The molecule has 1 saturated heterocycles. The number of rotatable bonds is 2. The highest BCUT2D eigenvalue weighted by Crippen LogP contribution is 2.19. The lowest BCUT2D eigenvalue weighted by Crippen LogP contribution is -2.36. The van der Waals surface area contributed by atoms with Gasteiger partial charge in [-0.25, -0.2) is 4.79 Å². The molecule has 0 radical (unpaired) electrons. The largest absolute Gasteiger partial charge is 0.465 e. The smallest absolute Gasteiger partial charge is 0.407 e. The normalized spacial score (nSPS) is 17.3. The number of piperidine rings is 1. The topological polar surface area (TPSA) is 40.5 Å². The van der Waals surface area contributed by atoms with Crippen molar-refractivity contribution in [1.82, 2.24) is 4.90 Å². The molecule has 1 aromatic rings. The average molecular weight is 245 g/mol. The molecule has 0 saturated carbocycles. The van der Waals surface area contributed by atoms with Crippen LogP contribution in [0.1, 0.15) is 24.0 Å². The number of carbonyl (C=O) groups is 1. The van der Waals surface area contributed by atoms with E-state index in [2.05, 4.69) is 43.3 Å². The average Bonchev–Trinajstić information content (AvgIpc) is 2.38. The molecule has 1 amide bonds. The van der Waals surface area contributed by atoms with E-state index in [0.717, 1.165) is 12.8 Å². The number of nitrogens with zero attached hydrogens (tertiary/aromatic N) is 1. The molecular formula is C15H19NO2. The highest BCUT2D eigenvalue weighted by atomic mass is 16.4. The van der Waals surface area contributed by atoms with Crippen LogP contribution in [0.4, 0.5) is 4.79 Å². The predicted octanol–water partition coefficient (Wildman–Crippen LogP) is 3.40. The summed E-state index contributed by atoms with van der Waals surface area (Å²) in [4.78, 5) is 12.3. The van der Waals surface area contributed by atoms with Gasteiger partial charge in [0.1, 0.15) is 0 Å². The Kier molecular flexibility index (Phi) is 4.03. The Hall–Kier alpha value is -1.77. The molecular weight excluding hydrogens is 226 g/mol. The van der Waals surface area contributed by atoms with Crippen LogP contribution in [0.2, 0.25) is 0 Å². The van der Waals surface area contributed by atoms with Crippen molar-refractivity contribution < 1.29 is 9.90 Å². The lowest BCUT2D eigenvalue weighted by atomic mass is 9.96.